The standard InChI is InChI=1S/C15H26/c1-11-5-6-12-13(2,3)14(4)7-9-15(11,12)10-8-14/h11-12H,5-10H2,1-4H3/t11-,12-,14?,15?/m0/s1. The van der Waals surface area contributed by atoms with Crippen LogP contribution >= 0.6 is 0 Å². The Morgan fingerprint density at radius 1 is 0.867 bits per heavy atom. The normalized spacial score (nSPS) is 56.8. The molecule has 4 aliphatic carbocycles. The maximum atomic E-state index is 2.57. The molecular weight excluding hydrogens is 180 g/mol. The van der Waals surface area contributed by atoms with Crippen molar-refractivity contribution in [2.24, 2.45) is 28.1 Å². The summed E-state index contributed by atoms with van der Waals surface area (Å²) in [6.45, 7) is 10.2. The molecule has 0 aromatic carbocycles. The van der Waals surface area contributed by atoms with Gasteiger partial charge in [-0.05, 0) is 66.6 Å². The van der Waals surface area contributed by atoms with Crippen LogP contribution in [0.15, 0.2) is 0 Å². The minimum atomic E-state index is 0.605. The van der Waals surface area contributed by atoms with Crippen LogP contribution in [0.25, 0.3) is 0 Å². The molecule has 4 rings (SSSR count). The van der Waals surface area contributed by atoms with E-state index in [9.17, 15) is 0 Å². The maximum Gasteiger partial charge on any atom is -0.0238 e. The summed E-state index contributed by atoms with van der Waals surface area (Å²) in [7, 11) is 0. The Balaban J connectivity index is 2.08. The molecule has 15 heavy (non-hydrogen) atoms. The lowest BCUT2D eigenvalue weighted by Crippen LogP contribution is -2.57. The third-order valence-electron chi connectivity index (χ3n) is 7.27. The molecule has 4 fully saturated rings. The first kappa shape index (κ1) is 10.2. The van der Waals surface area contributed by atoms with Gasteiger partial charge in [-0.3, -0.25) is 0 Å². The average molecular weight is 206 g/mol. The van der Waals surface area contributed by atoms with Crippen LogP contribution in [-0.4, -0.2) is 0 Å². The molecule has 0 aromatic heterocycles. The van der Waals surface area contributed by atoms with Crippen molar-refractivity contribution in [1.82, 2.24) is 0 Å². The monoisotopic (exact) mass is 206 g/mol. The molecule has 0 amide bonds. The van der Waals surface area contributed by atoms with Crippen LogP contribution in [0.1, 0.15) is 66.2 Å². The van der Waals surface area contributed by atoms with Gasteiger partial charge in [-0.15, -0.1) is 0 Å². The zero-order chi connectivity index (χ0) is 10.9. The van der Waals surface area contributed by atoms with Crippen LogP contribution in [-0.2, 0) is 0 Å². The van der Waals surface area contributed by atoms with Gasteiger partial charge >= 0.3 is 0 Å². The van der Waals surface area contributed by atoms with Gasteiger partial charge in [0.2, 0.25) is 0 Å². The summed E-state index contributed by atoms with van der Waals surface area (Å²) in [5, 5.41) is 0. The molecule has 4 saturated carbocycles. The second-order valence-corrected chi connectivity index (χ2v) is 7.55. The molecule has 2 atom stereocenters. The molecule has 0 unspecified atom stereocenters. The van der Waals surface area contributed by atoms with E-state index in [1.807, 2.05) is 0 Å². The van der Waals surface area contributed by atoms with E-state index in [4.69, 9.17) is 0 Å². The second kappa shape index (κ2) is 2.63. The Kier molecular flexibility index (Phi) is 1.78. The van der Waals surface area contributed by atoms with Gasteiger partial charge in [0.05, 0.1) is 0 Å². The maximum absolute atomic E-state index is 2.57. The minimum absolute atomic E-state index is 0.605. The highest BCUT2D eigenvalue weighted by atomic mass is 14.7. The molecule has 0 nitrogen and oxygen atoms in total. The van der Waals surface area contributed by atoms with E-state index in [-0.39, 0.29) is 0 Å². The second-order valence-electron chi connectivity index (χ2n) is 7.55. The Bertz CT molecular complexity index is 278. The Morgan fingerprint density at radius 2 is 1.47 bits per heavy atom. The fourth-order valence-electron chi connectivity index (χ4n) is 5.59. The van der Waals surface area contributed by atoms with E-state index in [0.717, 1.165) is 17.3 Å². The highest BCUT2D eigenvalue weighted by molar-refractivity contribution is 5.14. The smallest absolute Gasteiger partial charge is 0.0238 e. The van der Waals surface area contributed by atoms with Crippen molar-refractivity contribution in [1.29, 1.82) is 0 Å². The zero-order valence-electron chi connectivity index (χ0n) is 10.9. The largest absolute Gasteiger partial charge is 0.0620 e. The molecule has 86 valence electrons. The van der Waals surface area contributed by atoms with Crippen molar-refractivity contribution >= 4 is 0 Å². The molecule has 0 aromatic rings. The fraction of sp³-hybridized carbons (Fsp3) is 1.00. The van der Waals surface area contributed by atoms with E-state index in [0.29, 0.717) is 10.8 Å². The summed E-state index contributed by atoms with van der Waals surface area (Å²) in [6, 6.07) is 0. The van der Waals surface area contributed by atoms with Gasteiger partial charge in [-0.25, -0.2) is 0 Å². The zero-order valence-corrected chi connectivity index (χ0v) is 10.9. The molecule has 0 heterocycles. The molecule has 0 N–H and O–H groups in total. The summed E-state index contributed by atoms with van der Waals surface area (Å²) < 4.78 is 0. The van der Waals surface area contributed by atoms with E-state index in [1.54, 1.807) is 12.8 Å². The van der Waals surface area contributed by atoms with Crippen molar-refractivity contribution in [3.8, 4) is 0 Å². The van der Waals surface area contributed by atoms with E-state index < -0.39 is 0 Å². The van der Waals surface area contributed by atoms with Gasteiger partial charge in [-0.1, -0.05) is 27.7 Å². The summed E-state index contributed by atoms with van der Waals surface area (Å²) in [5.41, 5.74) is 2.03. The lowest BCUT2D eigenvalue weighted by Gasteiger charge is -2.65. The molecular formula is C15H26. The Labute approximate surface area is 94.8 Å². The van der Waals surface area contributed by atoms with Crippen molar-refractivity contribution in [3.63, 3.8) is 0 Å². The molecule has 0 heteroatoms. The van der Waals surface area contributed by atoms with Gasteiger partial charge in [-0.2, -0.15) is 0 Å². The lowest BCUT2D eigenvalue weighted by molar-refractivity contribution is -0.161. The van der Waals surface area contributed by atoms with Crippen LogP contribution in [0.5, 0.6) is 0 Å². The summed E-state index contributed by atoms with van der Waals surface area (Å²) in [5.74, 6) is 2.04. The number of rotatable bonds is 0. The van der Waals surface area contributed by atoms with Gasteiger partial charge in [0.1, 0.15) is 0 Å². The van der Waals surface area contributed by atoms with E-state index >= 15 is 0 Å². The average Bonchev–Trinajstić information content (AvgIpc) is 2.50. The Morgan fingerprint density at radius 3 is 2.07 bits per heavy atom. The molecule has 1 spiro atoms. The first-order valence-electron chi connectivity index (χ1n) is 6.92. The predicted molar refractivity (Wildman–Crippen MR) is 64.7 cm³/mol. The predicted octanol–water partition coefficient (Wildman–Crippen LogP) is 4.64. The molecule has 0 saturated heterocycles. The molecule has 0 aliphatic heterocycles. The number of fused-ring (bicyclic) bond motifs is 2. The molecule has 2 bridgehead atoms. The highest BCUT2D eigenvalue weighted by Gasteiger charge is 2.65. The van der Waals surface area contributed by atoms with Crippen molar-refractivity contribution in [2.45, 2.75) is 66.2 Å². The first-order chi connectivity index (χ1) is 6.92. The van der Waals surface area contributed by atoms with Crippen molar-refractivity contribution < 1.29 is 0 Å². The molecule has 4 aliphatic rings. The third kappa shape index (κ3) is 0.953. The summed E-state index contributed by atoms with van der Waals surface area (Å²) >= 11 is 0. The third-order valence-corrected chi connectivity index (χ3v) is 7.27. The van der Waals surface area contributed by atoms with Gasteiger partial charge < -0.3 is 0 Å². The van der Waals surface area contributed by atoms with Gasteiger partial charge in [0.25, 0.3) is 0 Å². The van der Waals surface area contributed by atoms with Crippen molar-refractivity contribution in [3.05, 3.63) is 0 Å². The summed E-state index contributed by atoms with van der Waals surface area (Å²) in [4.78, 5) is 0. The van der Waals surface area contributed by atoms with Crippen LogP contribution < -0.4 is 0 Å². The quantitative estimate of drug-likeness (QED) is 0.541. The number of hydrogen-bond acceptors (Lipinski definition) is 0. The topological polar surface area (TPSA) is 0 Å². The van der Waals surface area contributed by atoms with Crippen LogP contribution in [0, 0.1) is 28.1 Å². The molecule has 0 radical (unpaired) electrons. The lowest BCUT2D eigenvalue weighted by atomic mass is 9.39. The minimum Gasteiger partial charge on any atom is -0.0620 e. The van der Waals surface area contributed by atoms with E-state index in [1.165, 1.54) is 25.7 Å². The SMILES string of the molecule is C[C@H]1CC[C@@H]2C13CCC(C)(CC3)C2(C)C. The Hall–Kier alpha value is 0. The van der Waals surface area contributed by atoms with Crippen LogP contribution in [0.4, 0.5) is 0 Å². The fourth-order valence-corrected chi connectivity index (χ4v) is 5.59. The first-order valence-corrected chi connectivity index (χ1v) is 6.92. The van der Waals surface area contributed by atoms with Crippen LogP contribution in [0.3, 0.4) is 0 Å². The van der Waals surface area contributed by atoms with Gasteiger partial charge in [0.15, 0.2) is 0 Å². The van der Waals surface area contributed by atoms with Gasteiger partial charge in [0, 0.05) is 0 Å². The highest BCUT2D eigenvalue weighted by Crippen LogP contribution is 2.74. The van der Waals surface area contributed by atoms with Crippen molar-refractivity contribution in [2.75, 3.05) is 0 Å². The van der Waals surface area contributed by atoms with Crippen LogP contribution in [0.2, 0.25) is 0 Å². The number of hydrogen-bond donors (Lipinski definition) is 0. The summed E-state index contributed by atoms with van der Waals surface area (Å²) in [6.07, 6.45) is 9.10. The van der Waals surface area contributed by atoms with E-state index in [2.05, 4.69) is 27.7 Å².